The molecule has 3 heteroatoms. The fraction of sp³-hybridized carbons (Fsp3) is 0.600. The highest BCUT2D eigenvalue weighted by Crippen LogP contribution is 2.32. The largest absolute Gasteiger partial charge is 0.371 e. The summed E-state index contributed by atoms with van der Waals surface area (Å²) in [7, 11) is 2.22. The molecule has 100 valence electrons. The molecule has 0 bridgehead atoms. The monoisotopic (exact) mass is 310 g/mol. The number of nitrogens with zero attached hydrogens (tertiary/aromatic N) is 1. The van der Waals surface area contributed by atoms with Crippen molar-refractivity contribution in [1.29, 1.82) is 0 Å². The van der Waals surface area contributed by atoms with E-state index < -0.39 is 0 Å². The number of nitrogens with two attached hydrogens (primary N) is 1. The topological polar surface area (TPSA) is 29.3 Å². The van der Waals surface area contributed by atoms with Gasteiger partial charge in [-0.05, 0) is 59.4 Å². The zero-order chi connectivity index (χ0) is 13.0. The van der Waals surface area contributed by atoms with Crippen molar-refractivity contribution in [2.75, 3.05) is 18.5 Å². The van der Waals surface area contributed by atoms with Crippen molar-refractivity contribution in [2.24, 2.45) is 5.73 Å². The number of hydrogen-bond acceptors (Lipinski definition) is 2. The molecule has 0 spiro atoms. The Hall–Kier alpha value is -0.540. The van der Waals surface area contributed by atoms with Gasteiger partial charge in [0.1, 0.15) is 0 Å². The zero-order valence-electron chi connectivity index (χ0n) is 11.2. The van der Waals surface area contributed by atoms with Crippen LogP contribution in [0.25, 0.3) is 0 Å². The lowest BCUT2D eigenvalue weighted by Crippen LogP contribution is -2.33. The maximum absolute atomic E-state index is 5.60. The summed E-state index contributed by atoms with van der Waals surface area (Å²) < 4.78 is 1.20. The van der Waals surface area contributed by atoms with Crippen LogP contribution in [0.15, 0.2) is 22.7 Å². The quantitative estimate of drug-likeness (QED) is 0.918. The Morgan fingerprint density at radius 3 is 2.61 bits per heavy atom. The predicted molar refractivity (Wildman–Crippen MR) is 82.2 cm³/mol. The van der Waals surface area contributed by atoms with Crippen LogP contribution in [-0.2, 0) is 6.42 Å². The van der Waals surface area contributed by atoms with Gasteiger partial charge >= 0.3 is 0 Å². The Kier molecular flexibility index (Phi) is 5.07. The number of anilines is 1. The van der Waals surface area contributed by atoms with Gasteiger partial charge in [0.2, 0.25) is 0 Å². The first kappa shape index (κ1) is 13.9. The van der Waals surface area contributed by atoms with Gasteiger partial charge in [-0.1, -0.05) is 25.3 Å². The zero-order valence-corrected chi connectivity index (χ0v) is 12.7. The minimum absolute atomic E-state index is 0.704. The molecule has 2 N–H and O–H groups in total. The van der Waals surface area contributed by atoms with Gasteiger partial charge in [0.05, 0.1) is 5.69 Å². The normalized spacial score (nSPS) is 16.8. The van der Waals surface area contributed by atoms with Crippen molar-refractivity contribution < 1.29 is 0 Å². The standard InChI is InChI=1S/C15H23BrN2/c1-18(13-5-3-2-4-6-13)15-8-7-12(9-10-17)11-14(15)16/h7-8,11,13H,2-6,9-10,17H2,1H3. The average Bonchev–Trinajstić information content (AvgIpc) is 2.40. The van der Waals surface area contributed by atoms with Crippen molar-refractivity contribution in [2.45, 2.75) is 44.6 Å². The van der Waals surface area contributed by atoms with Crippen molar-refractivity contribution >= 4 is 21.6 Å². The third-order valence-electron chi connectivity index (χ3n) is 3.95. The molecule has 0 unspecified atom stereocenters. The summed E-state index contributed by atoms with van der Waals surface area (Å²) in [6.45, 7) is 0.713. The van der Waals surface area contributed by atoms with E-state index in [1.165, 1.54) is 47.8 Å². The predicted octanol–water partition coefficient (Wildman–Crippen LogP) is 3.72. The lowest BCUT2D eigenvalue weighted by molar-refractivity contribution is 0.427. The van der Waals surface area contributed by atoms with Gasteiger partial charge in [-0.25, -0.2) is 0 Å². The minimum Gasteiger partial charge on any atom is -0.371 e. The molecule has 1 aliphatic rings. The maximum Gasteiger partial charge on any atom is 0.0510 e. The van der Waals surface area contributed by atoms with Crippen molar-refractivity contribution in [3.05, 3.63) is 28.2 Å². The summed E-state index contributed by atoms with van der Waals surface area (Å²) in [6, 6.07) is 7.34. The number of benzene rings is 1. The fourth-order valence-corrected chi connectivity index (χ4v) is 3.53. The molecule has 0 atom stereocenters. The van der Waals surface area contributed by atoms with Gasteiger partial charge in [-0.3, -0.25) is 0 Å². The van der Waals surface area contributed by atoms with Crippen LogP contribution < -0.4 is 10.6 Å². The lowest BCUT2D eigenvalue weighted by Gasteiger charge is -2.33. The Morgan fingerprint density at radius 2 is 2.00 bits per heavy atom. The van der Waals surface area contributed by atoms with E-state index in [0.717, 1.165) is 6.42 Å². The molecule has 1 fully saturated rings. The summed E-state index contributed by atoms with van der Waals surface area (Å²) in [5.41, 5.74) is 8.22. The molecule has 1 aromatic rings. The molecule has 1 aliphatic carbocycles. The van der Waals surface area contributed by atoms with E-state index in [0.29, 0.717) is 12.6 Å². The molecule has 0 amide bonds. The highest BCUT2D eigenvalue weighted by Gasteiger charge is 2.19. The third-order valence-corrected chi connectivity index (χ3v) is 4.58. The Morgan fingerprint density at radius 1 is 1.28 bits per heavy atom. The van der Waals surface area contributed by atoms with Crippen LogP contribution in [0.4, 0.5) is 5.69 Å². The average molecular weight is 311 g/mol. The molecule has 2 rings (SSSR count). The third kappa shape index (κ3) is 3.27. The highest BCUT2D eigenvalue weighted by molar-refractivity contribution is 9.10. The fourth-order valence-electron chi connectivity index (χ4n) is 2.82. The van der Waals surface area contributed by atoms with Gasteiger partial charge < -0.3 is 10.6 Å². The minimum atomic E-state index is 0.704. The molecular weight excluding hydrogens is 288 g/mol. The van der Waals surface area contributed by atoms with Crippen LogP contribution in [0.5, 0.6) is 0 Å². The van der Waals surface area contributed by atoms with Crippen LogP contribution >= 0.6 is 15.9 Å². The molecule has 2 nitrogen and oxygen atoms in total. The Labute approximate surface area is 119 Å². The Balaban J connectivity index is 2.11. The molecule has 0 radical (unpaired) electrons. The molecule has 1 aromatic carbocycles. The summed E-state index contributed by atoms with van der Waals surface area (Å²) >= 11 is 3.70. The van der Waals surface area contributed by atoms with Crippen LogP contribution in [-0.4, -0.2) is 19.6 Å². The second-order valence-corrected chi connectivity index (χ2v) is 6.08. The molecule has 1 saturated carbocycles. The lowest BCUT2D eigenvalue weighted by atomic mass is 9.94. The first-order chi connectivity index (χ1) is 8.72. The van der Waals surface area contributed by atoms with E-state index in [4.69, 9.17) is 5.73 Å². The van der Waals surface area contributed by atoms with Gasteiger partial charge in [-0.15, -0.1) is 0 Å². The molecule has 0 aromatic heterocycles. The smallest absolute Gasteiger partial charge is 0.0510 e. The first-order valence-corrected chi connectivity index (χ1v) is 7.73. The maximum atomic E-state index is 5.60. The Bertz CT molecular complexity index is 386. The molecule has 0 aliphatic heterocycles. The van der Waals surface area contributed by atoms with E-state index in [2.05, 4.69) is 46.1 Å². The SMILES string of the molecule is CN(c1ccc(CCN)cc1Br)C1CCCCC1. The second-order valence-electron chi connectivity index (χ2n) is 5.23. The van der Waals surface area contributed by atoms with E-state index in [1.54, 1.807) is 0 Å². The van der Waals surface area contributed by atoms with Gasteiger partial charge in [-0.2, -0.15) is 0 Å². The molecule has 0 heterocycles. The summed E-state index contributed by atoms with van der Waals surface area (Å²) in [6.07, 6.45) is 7.75. The van der Waals surface area contributed by atoms with E-state index >= 15 is 0 Å². The molecular formula is C15H23BrN2. The summed E-state index contributed by atoms with van der Waals surface area (Å²) in [5.74, 6) is 0. The van der Waals surface area contributed by atoms with Gasteiger partial charge in [0.25, 0.3) is 0 Å². The van der Waals surface area contributed by atoms with Crippen LogP contribution in [0, 0.1) is 0 Å². The summed E-state index contributed by atoms with van der Waals surface area (Å²) in [5, 5.41) is 0. The second kappa shape index (κ2) is 6.58. The van der Waals surface area contributed by atoms with Crippen LogP contribution in [0.2, 0.25) is 0 Å². The van der Waals surface area contributed by atoms with Gasteiger partial charge in [0.15, 0.2) is 0 Å². The van der Waals surface area contributed by atoms with Crippen LogP contribution in [0.3, 0.4) is 0 Å². The summed E-state index contributed by atoms with van der Waals surface area (Å²) in [4.78, 5) is 2.44. The van der Waals surface area contributed by atoms with Gasteiger partial charge in [0, 0.05) is 17.6 Å². The van der Waals surface area contributed by atoms with E-state index in [9.17, 15) is 0 Å². The number of rotatable bonds is 4. The molecule has 0 saturated heterocycles. The van der Waals surface area contributed by atoms with E-state index in [-0.39, 0.29) is 0 Å². The number of halogens is 1. The number of hydrogen-bond donors (Lipinski definition) is 1. The van der Waals surface area contributed by atoms with Crippen molar-refractivity contribution in [3.8, 4) is 0 Å². The van der Waals surface area contributed by atoms with E-state index in [1.807, 2.05) is 0 Å². The van der Waals surface area contributed by atoms with Crippen LogP contribution in [0.1, 0.15) is 37.7 Å². The first-order valence-electron chi connectivity index (χ1n) is 6.93. The highest BCUT2D eigenvalue weighted by atomic mass is 79.9. The van der Waals surface area contributed by atoms with Crippen molar-refractivity contribution in [1.82, 2.24) is 0 Å². The van der Waals surface area contributed by atoms with Crippen molar-refractivity contribution in [3.63, 3.8) is 0 Å². The molecule has 18 heavy (non-hydrogen) atoms.